The Morgan fingerprint density at radius 2 is 2.00 bits per heavy atom. The van der Waals surface area contributed by atoms with E-state index in [1.54, 1.807) is 0 Å². The van der Waals surface area contributed by atoms with Crippen LogP contribution >= 0.6 is 11.6 Å². The molecule has 0 fully saturated rings. The van der Waals surface area contributed by atoms with Crippen molar-refractivity contribution in [1.82, 2.24) is 20.2 Å². The molecule has 0 saturated carbocycles. The van der Waals surface area contributed by atoms with E-state index < -0.39 is 0 Å². The summed E-state index contributed by atoms with van der Waals surface area (Å²) in [5.41, 5.74) is -0.00623. The van der Waals surface area contributed by atoms with Gasteiger partial charge in [0.15, 0.2) is 5.82 Å². The third-order valence-electron chi connectivity index (χ3n) is 2.69. The van der Waals surface area contributed by atoms with Crippen LogP contribution in [0.4, 0.5) is 0 Å². The molecule has 0 spiro atoms. The van der Waals surface area contributed by atoms with Gasteiger partial charge in [-0.1, -0.05) is 13.8 Å². The lowest BCUT2D eigenvalue weighted by Crippen LogP contribution is -2.31. The molecule has 0 aliphatic heterocycles. The quantitative estimate of drug-likeness (QED) is 0.701. The van der Waals surface area contributed by atoms with Crippen LogP contribution in [0.2, 0.25) is 0 Å². The van der Waals surface area contributed by atoms with Gasteiger partial charge < -0.3 is 0 Å². The van der Waals surface area contributed by atoms with Crippen molar-refractivity contribution in [3.05, 3.63) is 5.82 Å². The van der Waals surface area contributed by atoms with Crippen molar-refractivity contribution in [2.75, 3.05) is 0 Å². The second kappa shape index (κ2) is 4.05. The van der Waals surface area contributed by atoms with Crippen LogP contribution in [0.5, 0.6) is 0 Å². The first kappa shape index (κ1) is 10.4. The molecule has 1 aromatic heterocycles. The zero-order valence-corrected chi connectivity index (χ0v) is 9.04. The molecule has 13 heavy (non-hydrogen) atoms. The maximum absolute atomic E-state index is 5.73. The van der Waals surface area contributed by atoms with E-state index in [1.165, 1.54) is 0 Å². The van der Waals surface area contributed by atoms with Gasteiger partial charge in [-0.05, 0) is 30.2 Å². The molecule has 0 aliphatic carbocycles. The largest absolute Gasteiger partial charge is 0.223 e. The predicted octanol–water partition coefficient (Wildman–Crippen LogP) is 1.95. The van der Waals surface area contributed by atoms with Gasteiger partial charge in [0.1, 0.15) is 0 Å². The van der Waals surface area contributed by atoms with Crippen molar-refractivity contribution in [3.8, 4) is 0 Å². The molecule has 0 N–H and O–H groups in total. The summed E-state index contributed by atoms with van der Waals surface area (Å²) in [6.45, 7) is 6.39. The second-order valence-corrected chi connectivity index (χ2v) is 3.61. The fourth-order valence-corrected chi connectivity index (χ4v) is 1.42. The summed E-state index contributed by atoms with van der Waals surface area (Å²) in [5.74, 6) is 1.11. The van der Waals surface area contributed by atoms with E-state index in [0.29, 0.717) is 5.88 Å². The smallest absolute Gasteiger partial charge is 0.166 e. The molecule has 0 atom stereocenters. The summed E-state index contributed by atoms with van der Waals surface area (Å²) >= 11 is 5.73. The molecular formula is C8H15ClN4. The van der Waals surface area contributed by atoms with Crippen LogP contribution < -0.4 is 0 Å². The van der Waals surface area contributed by atoms with Crippen molar-refractivity contribution in [2.45, 2.75) is 45.0 Å². The Labute approximate surface area is 83.3 Å². The number of hydrogen-bond donors (Lipinski definition) is 0. The standard InChI is InChI=1S/C8H15ClN4/c1-4-8(3,5-2)13-7(6-9)10-11-12-13/h4-6H2,1-3H3. The van der Waals surface area contributed by atoms with Crippen molar-refractivity contribution in [2.24, 2.45) is 0 Å². The van der Waals surface area contributed by atoms with E-state index in [1.807, 2.05) is 4.68 Å². The van der Waals surface area contributed by atoms with Gasteiger partial charge in [0.05, 0.1) is 11.4 Å². The molecule has 0 saturated heterocycles. The number of nitrogens with zero attached hydrogens (tertiary/aromatic N) is 4. The highest BCUT2D eigenvalue weighted by atomic mass is 35.5. The summed E-state index contributed by atoms with van der Waals surface area (Å²) in [4.78, 5) is 0. The monoisotopic (exact) mass is 202 g/mol. The third kappa shape index (κ3) is 1.82. The average molecular weight is 203 g/mol. The molecule has 0 aromatic carbocycles. The number of halogens is 1. The number of rotatable bonds is 4. The van der Waals surface area contributed by atoms with Crippen molar-refractivity contribution < 1.29 is 0 Å². The number of aromatic nitrogens is 4. The highest BCUT2D eigenvalue weighted by molar-refractivity contribution is 6.16. The third-order valence-corrected chi connectivity index (χ3v) is 2.93. The van der Waals surface area contributed by atoms with E-state index in [0.717, 1.165) is 18.7 Å². The normalized spacial score (nSPS) is 12.0. The van der Waals surface area contributed by atoms with Gasteiger partial charge in [-0.15, -0.1) is 16.7 Å². The highest BCUT2D eigenvalue weighted by Gasteiger charge is 2.26. The molecule has 1 rings (SSSR count). The maximum atomic E-state index is 5.73. The minimum atomic E-state index is -0.00623. The van der Waals surface area contributed by atoms with Gasteiger partial charge in [0.2, 0.25) is 0 Å². The van der Waals surface area contributed by atoms with Crippen LogP contribution in [0.3, 0.4) is 0 Å². The summed E-state index contributed by atoms with van der Waals surface area (Å²) < 4.78 is 1.83. The molecule has 74 valence electrons. The Morgan fingerprint density at radius 1 is 1.38 bits per heavy atom. The fraction of sp³-hybridized carbons (Fsp3) is 0.875. The summed E-state index contributed by atoms with van der Waals surface area (Å²) in [5, 5.41) is 11.5. The Balaban J connectivity index is 3.03. The zero-order valence-electron chi connectivity index (χ0n) is 8.29. The summed E-state index contributed by atoms with van der Waals surface area (Å²) in [6, 6.07) is 0. The molecular weight excluding hydrogens is 188 g/mol. The van der Waals surface area contributed by atoms with E-state index >= 15 is 0 Å². The number of hydrogen-bond acceptors (Lipinski definition) is 3. The van der Waals surface area contributed by atoms with Crippen LogP contribution in [-0.4, -0.2) is 20.2 Å². The van der Waals surface area contributed by atoms with Crippen LogP contribution in [0.15, 0.2) is 0 Å². The molecule has 0 radical (unpaired) electrons. The Kier molecular flexibility index (Phi) is 3.25. The lowest BCUT2D eigenvalue weighted by molar-refractivity contribution is 0.253. The van der Waals surface area contributed by atoms with Crippen LogP contribution in [0, 0.1) is 0 Å². The van der Waals surface area contributed by atoms with Gasteiger partial charge >= 0.3 is 0 Å². The van der Waals surface area contributed by atoms with Crippen molar-refractivity contribution in [3.63, 3.8) is 0 Å². The van der Waals surface area contributed by atoms with E-state index in [2.05, 4.69) is 36.3 Å². The minimum absolute atomic E-state index is 0.00623. The van der Waals surface area contributed by atoms with Gasteiger partial charge in [-0.3, -0.25) is 0 Å². The van der Waals surface area contributed by atoms with Gasteiger partial charge in [0, 0.05) is 0 Å². The predicted molar refractivity (Wildman–Crippen MR) is 51.6 cm³/mol. The molecule has 0 bridgehead atoms. The molecule has 0 amide bonds. The first-order chi connectivity index (χ1) is 6.18. The maximum Gasteiger partial charge on any atom is 0.166 e. The lowest BCUT2D eigenvalue weighted by atomic mass is 9.96. The summed E-state index contributed by atoms with van der Waals surface area (Å²) in [7, 11) is 0. The molecule has 1 heterocycles. The summed E-state index contributed by atoms with van der Waals surface area (Å²) in [6.07, 6.45) is 2.00. The number of alkyl halides is 1. The SMILES string of the molecule is CCC(C)(CC)n1nnnc1CCl. The van der Waals surface area contributed by atoms with Crippen LogP contribution in [0.1, 0.15) is 39.4 Å². The topological polar surface area (TPSA) is 43.6 Å². The van der Waals surface area contributed by atoms with Crippen LogP contribution in [-0.2, 0) is 11.4 Å². The van der Waals surface area contributed by atoms with Gasteiger partial charge in [0.25, 0.3) is 0 Å². The Morgan fingerprint density at radius 3 is 2.46 bits per heavy atom. The van der Waals surface area contributed by atoms with Gasteiger partial charge in [-0.25, -0.2) is 4.68 Å². The van der Waals surface area contributed by atoms with E-state index in [9.17, 15) is 0 Å². The Bertz CT molecular complexity index is 267. The highest BCUT2D eigenvalue weighted by Crippen LogP contribution is 2.24. The van der Waals surface area contributed by atoms with Crippen molar-refractivity contribution in [1.29, 1.82) is 0 Å². The zero-order chi connectivity index (χ0) is 9.90. The first-order valence-corrected chi connectivity index (χ1v) is 5.05. The average Bonchev–Trinajstić information content (AvgIpc) is 2.65. The van der Waals surface area contributed by atoms with E-state index in [4.69, 9.17) is 11.6 Å². The van der Waals surface area contributed by atoms with Gasteiger partial charge in [-0.2, -0.15) is 0 Å². The molecule has 1 aromatic rings. The molecule has 4 nitrogen and oxygen atoms in total. The lowest BCUT2D eigenvalue weighted by Gasteiger charge is -2.27. The second-order valence-electron chi connectivity index (χ2n) is 3.34. The Hall–Kier alpha value is -0.640. The van der Waals surface area contributed by atoms with Crippen LogP contribution in [0.25, 0.3) is 0 Å². The first-order valence-electron chi connectivity index (χ1n) is 4.51. The molecule has 0 aliphatic rings. The van der Waals surface area contributed by atoms with E-state index in [-0.39, 0.29) is 5.54 Å². The number of tetrazole rings is 1. The fourth-order valence-electron chi connectivity index (χ4n) is 1.26. The minimum Gasteiger partial charge on any atom is -0.223 e. The molecule has 5 heteroatoms. The molecule has 0 unspecified atom stereocenters. The van der Waals surface area contributed by atoms with Crippen molar-refractivity contribution >= 4 is 11.6 Å².